The Bertz CT molecular complexity index is 1120. The van der Waals surface area contributed by atoms with Gasteiger partial charge < -0.3 is 25.3 Å². The fraction of sp³-hybridized carbons (Fsp3) is 0.391. The van der Waals surface area contributed by atoms with E-state index in [-0.39, 0.29) is 17.6 Å². The zero-order valence-electron chi connectivity index (χ0n) is 17.5. The molecule has 0 bridgehead atoms. The number of hydrogen-bond donors (Lipinski definition) is 3. The molecular formula is C23H26FN5O2. The van der Waals surface area contributed by atoms with Gasteiger partial charge in [-0.2, -0.15) is 0 Å². The van der Waals surface area contributed by atoms with Crippen molar-refractivity contribution in [2.75, 3.05) is 43.6 Å². The van der Waals surface area contributed by atoms with Crippen LogP contribution in [0.4, 0.5) is 15.9 Å². The van der Waals surface area contributed by atoms with Crippen molar-refractivity contribution >= 4 is 28.3 Å². The molecule has 1 saturated heterocycles. The Labute approximate surface area is 180 Å². The zero-order valence-corrected chi connectivity index (χ0v) is 17.5. The molecule has 0 radical (unpaired) electrons. The van der Waals surface area contributed by atoms with E-state index >= 15 is 4.39 Å². The number of halogens is 1. The van der Waals surface area contributed by atoms with Gasteiger partial charge in [0.1, 0.15) is 0 Å². The Balaban J connectivity index is 1.57. The average molecular weight is 423 g/mol. The number of H-pyrrole nitrogens is 1. The minimum atomic E-state index is -0.261. The third-order valence-electron chi connectivity index (χ3n) is 5.93. The number of nitrogens with one attached hydrogen (secondary N) is 3. The lowest BCUT2D eigenvalue weighted by molar-refractivity contribution is -0.117. The summed E-state index contributed by atoms with van der Waals surface area (Å²) in [5.74, 6) is 0.295. The monoisotopic (exact) mass is 423 g/mol. The van der Waals surface area contributed by atoms with Crippen molar-refractivity contribution < 1.29 is 13.9 Å². The van der Waals surface area contributed by atoms with E-state index in [4.69, 9.17) is 4.74 Å². The lowest BCUT2D eigenvalue weighted by Crippen LogP contribution is -2.36. The van der Waals surface area contributed by atoms with E-state index in [9.17, 15) is 4.79 Å². The van der Waals surface area contributed by atoms with Gasteiger partial charge in [0.05, 0.1) is 24.4 Å². The van der Waals surface area contributed by atoms with Crippen molar-refractivity contribution in [1.82, 2.24) is 15.3 Å². The summed E-state index contributed by atoms with van der Waals surface area (Å²) in [4.78, 5) is 22.1. The molecule has 7 nitrogen and oxygen atoms in total. The van der Waals surface area contributed by atoms with Gasteiger partial charge >= 0.3 is 0 Å². The van der Waals surface area contributed by atoms with E-state index in [1.165, 1.54) is 0 Å². The molecule has 0 spiro atoms. The van der Waals surface area contributed by atoms with Crippen LogP contribution in [0.25, 0.3) is 22.2 Å². The lowest BCUT2D eigenvalue weighted by Gasteiger charge is -2.29. The topological polar surface area (TPSA) is 82.3 Å². The third kappa shape index (κ3) is 3.88. The normalized spacial score (nSPS) is 16.6. The predicted octanol–water partition coefficient (Wildman–Crippen LogP) is 3.27. The van der Waals surface area contributed by atoms with E-state index in [0.717, 1.165) is 23.8 Å². The first kappa shape index (κ1) is 20.0. The number of aromatic nitrogens is 2. The van der Waals surface area contributed by atoms with Crippen LogP contribution in [-0.4, -0.2) is 49.2 Å². The van der Waals surface area contributed by atoms with Gasteiger partial charge in [0.2, 0.25) is 5.91 Å². The Morgan fingerprint density at radius 2 is 2.13 bits per heavy atom. The van der Waals surface area contributed by atoms with Gasteiger partial charge in [-0.3, -0.25) is 4.79 Å². The van der Waals surface area contributed by atoms with E-state index in [1.807, 2.05) is 30.1 Å². The molecule has 5 rings (SSSR count). The van der Waals surface area contributed by atoms with E-state index in [2.05, 4.69) is 20.6 Å². The zero-order chi connectivity index (χ0) is 21.4. The minimum Gasteiger partial charge on any atom is -0.378 e. The molecule has 1 saturated carbocycles. The molecule has 1 amide bonds. The number of fused-ring (bicyclic) bond motifs is 1. The number of rotatable bonds is 6. The first-order valence-corrected chi connectivity index (χ1v) is 10.7. The van der Waals surface area contributed by atoms with Crippen molar-refractivity contribution in [1.29, 1.82) is 0 Å². The highest BCUT2D eigenvalue weighted by Crippen LogP contribution is 2.35. The molecule has 0 unspecified atom stereocenters. The lowest BCUT2D eigenvalue weighted by atomic mass is 10.1. The molecule has 3 heterocycles. The molecule has 3 N–H and O–H groups in total. The smallest absolute Gasteiger partial charge is 0.228 e. The van der Waals surface area contributed by atoms with E-state index < -0.39 is 0 Å². The molecule has 1 aromatic carbocycles. The van der Waals surface area contributed by atoms with Gasteiger partial charge in [0.25, 0.3) is 0 Å². The number of ether oxygens (including phenoxy) is 1. The fourth-order valence-corrected chi connectivity index (χ4v) is 4.08. The van der Waals surface area contributed by atoms with Crippen LogP contribution in [0.15, 0.2) is 30.5 Å². The summed E-state index contributed by atoms with van der Waals surface area (Å²) in [6.45, 7) is 3.15. The maximum Gasteiger partial charge on any atom is 0.228 e. The van der Waals surface area contributed by atoms with Crippen LogP contribution in [0.2, 0.25) is 0 Å². The van der Waals surface area contributed by atoms with Gasteiger partial charge in [0, 0.05) is 48.4 Å². The van der Waals surface area contributed by atoms with Crippen molar-refractivity contribution in [2.45, 2.75) is 19.4 Å². The first-order chi connectivity index (χ1) is 15.2. The number of pyridine rings is 1. The number of amides is 1. The summed E-state index contributed by atoms with van der Waals surface area (Å²) in [6, 6.07) is 7.40. The molecule has 1 aliphatic heterocycles. The second-order valence-electron chi connectivity index (χ2n) is 8.14. The van der Waals surface area contributed by atoms with Crippen molar-refractivity contribution in [3.8, 4) is 11.3 Å². The number of carbonyl (C=O) groups is 1. The van der Waals surface area contributed by atoms with Crippen LogP contribution < -0.4 is 15.5 Å². The molecule has 1 aliphatic carbocycles. The Morgan fingerprint density at radius 3 is 2.87 bits per heavy atom. The Kier molecular flexibility index (Phi) is 5.33. The SMILES string of the molecule is CNCc1cnc(NC(=O)C2CC2)c2[nH]c(-c3cccc(N4CCOCC4)c3F)cc12. The van der Waals surface area contributed by atoms with Crippen LogP contribution in [0.1, 0.15) is 18.4 Å². The number of hydrogen-bond acceptors (Lipinski definition) is 5. The van der Waals surface area contributed by atoms with Crippen LogP contribution in [0.3, 0.4) is 0 Å². The van der Waals surface area contributed by atoms with Crippen molar-refractivity contribution in [3.63, 3.8) is 0 Å². The predicted molar refractivity (Wildman–Crippen MR) is 119 cm³/mol. The quantitative estimate of drug-likeness (QED) is 0.567. The highest BCUT2D eigenvalue weighted by atomic mass is 19.1. The van der Waals surface area contributed by atoms with Crippen LogP contribution in [-0.2, 0) is 16.1 Å². The maximum absolute atomic E-state index is 15.5. The Hall–Kier alpha value is -2.97. The summed E-state index contributed by atoms with van der Waals surface area (Å²) in [7, 11) is 1.87. The molecule has 162 valence electrons. The van der Waals surface area contributed by atoms with Crippen LogP contribution >= 0.6 is 0 Å². The van der Waals surface area contributed by atoms with Gasteiger partial charge in [0.15, 0.2) is 11.6 Å². The number of nitrogens with zero attached hydrogens (tertiary/aromatic N) is 2. The summed E-state index contributed by atoms with van der Waals surface area (Å²) >= 11 is 0. The van der Waals surface area contributed by atoms with Crippen LogP contribution in [0.5, 0.6) is 0 Å². The molecule has 2 fully saturated rings. The molecule has 8 heteroatoms. The third-order valence-corrected chi connectivity index (χ3v) is 5.93. The van der Waals surface area contributed by atoms with Crippen molar-refractivity contribution in [2.24, 2.45) is 5.92 Å². The number of anilines is 2. The summed E-state index contributed by atoms with van der Waals surface area (Å²) in [5.41, 5.74) is 3.43. The number of carbonyl (C=O) groups excluding carboxylic acids is 1. The highest BCUT2D eigenvalue weighted by Gasteiger charge is 2.30. The van der Waals surface area contributed by atoms with Crippen LogP contribution in [0, 0.1) is 11.7 Å². The second kappa shape index (κ2) is 8.28. The molecular weight excluding hydrogens is 397 g/mol. The number of morpholine rings is 1. The summed E-state index contributed by atoms with van der Waals surface area (Å²) < 4.78 is 20.9. The summed E-state index contributed by atoms with van der Waals surface area (Å²) in [5, 5.41) is 7.00. The molecule has 31 heavy (non-hydrogen) atoms. The maximum atomic E-state index is 15.5. The number of benzene rings is 1. The largest absolute Gasteiger partial charge is 0.378 e. The van der Waals surface area contributed by atoms with E-state index in [1.54, 1.807) is 12.3 Å². The molecule has 2 aromatic heterocycles. The standard InChI is InChI=1S/C23H26FN5O2/c1-25-12-15-13-26-22(28-23(30)14-5-6-14)21-17(15)11-18(27-21)16-3-2-4-19(20(16)24)29-7-9-31-10-8-29/h2-4,11,13-14,25,27H,5-10,12H2,1H3,(H,26,28,30). The van der Waals surface area contributed by atoms with Gasteiger partial charge in [-0.15, -0.1) is 0 Å². The fourth-order valence-electron chi connectivity index (χ4n) is 4.08. The second-order valence-corrected chi connectivity index (χ2v) is 8.14. The van der Waals surface area contributed by atoms with Gasteiger partial charge in [-0.1, -0.05) is 6.07 Å². The molecule has 3 aromatic rings. The first-order valence-electron chi connectivity index (χ1n) is 10.7. The van der Waals surface area contributed by atoms with Gasteiger partial charge in [-0.05, 0) is 43.7 Å². The number of aromatic amines is 1. The minimum absolute atomic E-state index is 0.00758. The Morgan fingerprint density at radius 1 is 1.32 bits per heavy atom. The van der Waals surface area contributed by atoms with E-state index in [0.29, 0.717) is 61.1 Å². The highest BCUT2D eigenvalue weighted by molar-refractivity contribution is 6.02. The summed E-state index contributed by atoms with van der Waals surface area (Å²) in [6.07, 6.45) is 3.60. The van der Waals surface area contributed by atoms with Gasteiger partial charge in [-0.25, -0.2) is 9.37 Å². The molecule has 0 atom stereocenters. The molecule has 2 aliphatic rings. The average Bonchev–Trinajstić information content (AvgIpc) is 3.55. The van der Waals surface area contributed by atoms with Crippen molar-refractivity contribution in [3.05, 3.63) is 41.8 Å².